The lowest BCUT2D eigenvalue weighted by atomic mass is 10.0. The number of nitrogens with one attached hydrogen (secondary N) is 1. The minimum Gasteiger partial charge on any atom is -0.494 e. The number of hydrogen-bond donors (Lipinski definition) is 2. The lowest BCUT2D eigenvalue weighted by molar-refractivity contribution is 0.285. The minimum atomic E-state index is -0.339. The van der Waals surface area contributed by atoms with Crippen molar-refractivity contribution in [3.63, 3.8) is 0 Å². The van der Waals surface area contributed by atoms with Crippen LogP contribution in [0, 0.1) is 5.82 Å². The molecule has 2 rings (SSSR count). The van der Waals surface area contributed by atoms with Crippen LogP contribution in [0.5, 0.6) is 5.75 Å². The van der Waals surface area contributed by atoms with Crippen molar-refractivity contribution in [3.05, 3.63) is 64.9 Å². The van der Waals surface area contributed by atoms with Crippen LogP contribution in [-0.2, 0) is 6.42 Å². The van der Waals surface area contributed by atoms with Gasteiger partial charge in [-0.15, -0.1) is 0 Å². The molecule has 0 bridgehead atoms. The van der Waals surface area contributed by atoms with Gasteiger partial charge >= 0.3 is 0 Å². The summed E-state index contributed by atoms with van der Waals surface area (Å²) in [4.78, 5) is 0. The van der Waals surface area contributed by atoms with E-state index in [0.717, 1.165) is 17.7 Å². The molecular weight excluding hydrogens is 291 g/mol. The molecule has 3 nitrogen and oxygen atoms in total. The number of halogens is 2. The molecule has 5 heteroatoms. The number of rotatable bonds is 7. The summed E-state index contributed by atoms with van der Waals surface area (Å²) in [6, 6.07) is 14.0. The van der Waals surface area contributed by atoms with E-state index in [0.29, 0.717) is 18.1 Å². The fraction of sp³-hybridized carbons (Fsp3) is 0.250. The maximum absolute atomic E-state index is 13.0. The Kier molecular flexibility index (Phi) is 5.99. The van der Waals surface area contributed by atoms with Crippen molar-refractivity contribution in [2.75, 3.05) is 6.61 Å². The van der Waals surface area contributed by atoms with Crippen molar-refractivity contribution in [3.8, 4) is 5.75 Å². The van der Waals surface area contributed by atoms with E-state index in [2.05, 4.69) is 5.43 Å². The number of nitrogens with two attached hydrogens (primary N) is 1. The molecule has 3 N–H and O–H groups in total. The predicted molar refractivity (Wildman–Crippen MR) is 82.8 cm³/mol. The molecule has 0 spiro atoms. The van der Waals surface area contributed by atoms with Crippen molar-refractivity contribution in [1.29, 1.82) is 0 Å². The van der Waals surface area contributed by atoms with Crippen molar-refractivity contribution in [2.24, 2.45) is 5.84 Å². The third-order valence-electron chi connectivity index (χ3n) is 3.20. The average Bonchev–Trinajstić information content (AvgIpc) is 2.49. The Hall–Kier alpha value is -1.62. The standard InChI is InChI=1S/C16H18ClFN2O/c17-16-11-13(18)7-6-12(16)10-14(20-19)8-9-21-15-4-2-1-3-5-15/h1-7,11,14,20H,8-10,19H2. The molecular formula is C16H18ClFN2O. The molecule has 1 unspecified atom stereocenters. The van der Waals surface area contributed by atoms with Gasteiger partial charge in [0.2, 0.25) is 0 Å². The summed E-state index contributed by atoms with van der Waals surface area (Å²) in [5.41, 5.74) is 3.61. The van der Waals surface area contributed by atoms with Gasteiger partial charge in [0, 0.05) is 11.1 Å². The number of hydrogen-bond acceptors (Lipinski definition) is 3. The lowest BCUT2D eigenvalue weighted by Gasteiger charge is -2.17. The van der Waals surface area contributed by atoms with E-state index in [1.165, 1.54) is 12.1 Å². The van der Waals surface area contributed by atoms with Crippen LogP contribution in [0.15, 0.2) is 48.5 Å². The number of para-hydroxylation sites is 1. The molecule has 2 aromatic carbocycles. The van der Waals surface area contributed by atoms with Crippen LogP contribution in [0.2, 0.25) is 5.02 Å². The second-order valence-corrected chi connectivity index (χ2v) is 5.16. The Morgan fingerprint density at radius 2 is 1.95 bits per heavy atom. The van der Waals surface area contributed by atoms with Gasteiger partial charge in [-0.25, -0.2) is 4.39 Å². The lowest BCUT2D eigenvalue weighted by Crippen LogP contribution is -2.38. The van der Waals surface area contributed by atoms with Gasteiger partial charge in [0.1, 0.15) is 11.6 Å². The van der Waals surface area contributed by atoms with Gasteiger partial charge in [0.05, 0.1) is 6.61 Å². The zero-order valence-electron chi connectivity index (χ0n) is 11.6. The quantitative estimate of drug-likeness (QED) is 0.609. The molecule has 0 heterocycles. The third kappa shape index (κ3) is 5.01. The molecule has 0 amide bonds. The molecule has 0 aliphatic rings. The maximum atomic E-state index is 13.0. The largest absolute Gasteiger partial charge is 0.494 e. The van der Waals surface area contributed by atoms with Crippen LogP contribution in [0.4, 0.5) is 4.39 Å². The summed E-state index contributed by atoms with van der Waals surface area (Å²) in [5.74, 6) is 6.04. The van der Waals surface area contributed by atoms with E-state index in [4.69, 9.17) is 22.2 Å². The Labute approximate surface area is 128 Å². The first-order valence-electron chi connectivity index (χ1n) is 6.77. The summed E-state index contributed by atoms with van der Waals surface area (Å²) in [6.45, 7) is 0.539. The minimum absolute atomic E-state index is 0.0108. The second-order valence-electron chi connectivity index (χ2n) is 4.75. The van der Waals surface area contributed by atoms with Crippen LogP contribution in [0.25, 0.3) is 0 Å². The first kappa shape index (κ1) is 15.8. The van der Waals surface area contributed by atoms with Gasteiger partial charge in [0.25, 0.3) is 0 Å². The van der Waals surface area contributed by atoms with E-state index >= 15 is 0 Å². The van der Waals surface area contributed by atoms with Gasteiger partial charge in [0.15, 0.2) is 0 Å². The zero-order chi connectivity index (χ0) is 15.1. The topological polar surface area (TPSA) is 47.3 Å². The van der Waals surface area contributed by atoms with Crippen molar-refractivity contribution >= 4 is 11.6 Å². The highest BCUT2D eigenvalue weighted by molar-refractivity contribution is 6.31. The summed E-state index contributed by atoms with van der Waals surface area (Å²) in [6.07, 6.45) is 1.34. The van der Waals surface area contributed by atoms with E-state index in [9.17, 15) is 4.39 Å². The predicted octanol–water partition coefficient (Wildman–Crippen LogP) is 3.32. The third-order valence-corrected chi connectivity index (χ3v) is 3.55. The molecule has 0 fully saturated rings. The highest BCUT2D eigenvalue weighted by atomic mass is 35.5. The molecule has 112 valence electrons. The summed E-state index contributed by atoms with van der Waals surface area (Å²) in [5, 5.41) is 0.416. The smallest absolute Gasteiger partial charge is 0.124 e. The Bertz CT molecular complexity index is 565. The van der Waals surface area contributed by atoms with Crippen LogP contribution in [0.1, 0.15) is 12.0 Å². The van der Waals surface area contributed by atoms with Crippen LogP contribution >= 0.6 is 11.6 Å². The maximum Gasteiger partial charge on any atom is 0.124 e. The van der Waals surface area contributed by atoms with Crippen molar-refractivity contribution in [2.45, 2.75) is 18.9 Å². The average molecular weight is 309 g/mol. The number of benzene rings is 2. The van der Waals surface area contributed by atoms with E-state index in [1.807, 2.05) is 30.3 Å². The van der Waals surface area contributed by atoms with Gasteiger partial charge in [-0.3, -0.25) is 11.3 Å². The molecule has 2 aromatic rings. The summed E-state index contributed by atoms with van der Waals surface area (Å²) >= 11 is 6.02. The summed E-state index contributed by atoms with van der Waals surface area (Å²) in [7, 11) is 0. The van der Waals surface area contributed by atoms with E-state index in [1.54, 1.807) is 6.07 Å². The zero-order valence-corrected chi connectivity index (χ0v) is 12.3. The van der Waals surface area contributed by atoms with Crippen LogP contribution < -0.4 is 16.0 Å². The number of ether oxygens (including phenoxy) is 1. The van der Waals surface area contributed by atoms with E-state index in [-0.39, 0.29) is 11.9 Å². The van der Waals surface area contributed by atoms with Gasteiger partial charge in [-0.2, -0.15) is 0 Å². The van der Waals surface area contributed by atoms with Gasteiger partial charge in [-0.05, 0) is 42.7 Å². The fourth-order valence-corrected chi connectivity index (χ4v) is 2.28. The van der Waals surface area contributed by atoms with Crippen molar-refractivity contribution < 1.29 is 9.13 Å². The number of hydrazine groups is 1. The highest BCUT2D eigenvalue weighted by Gasteiger charge is 2.11. The normalized spacial score (nSPS) is 12.1. The molecule has 0 saturated carbocycles. The molecule has 0 aromatic heterocycles. The monoisotopic (exact) mass is 308 g/mol. The highest BCUT2D eigenvalue weighted by Crippen LogP contribution is 2.19. The molecule has 1 atom stereocenters. The molecule has 21 heavy (non-hydrogen) atoms. The van der Waals surface area contributed by atoms with E-state index < -0.39 is 0 Å². The fourth-order valence-electron chi connectivity index (χ4n) is 2.03. The molecule has 0 radical (unpaired) electrons. The van der Waals surface area contributed by atoms with Crippen LogP contribution in [-0.4, -0.2) is 12.6 Å². The Morgan fingerprint density at radius 3 is 2.62 bits per heavy atom. The molecule has 0 saturated heterocycles. The first-order chi connectivity index (χ1) is 10.2. The Balaban J connectivity index is 1.85. The van der Waals surface area contributed by atoms with Crippen molar-refractivity contribution in [1.82, 2.24) is 5.43 Å². The van der Waals surface area contributed by atoms with Gasteiger partial charge in [-0.1, -0.05) is 35.9 Å². The Morgan fingerprint density at radius 1 is 1.19 bits per heavy atom. The van der Waals surface area contributed by atoms with Gasteiger partial charge < -0.3 is 4.74 Å². The molecule has 0 aliphatic heterocycles. The summed E-state index contributed by atoms with van der Waals surface area (Å²) < 4.78 is 18.6. The SMILES string of the molecule is NNC(CCOc1ccccc1)Cc1ccc(F)cc1Cl. The first-order valence-corrected chi connectivity index (χ1v) is 7.14. The van der Waals surface area contributed by atoms with Crippen LogP contribution in [0.3, 0.4) is 0 Å². The molecule has 0 aliphatic carbocycles. The second kappa shape index (κ2) is 7.98.